The van der Waals surface area contributed by atoms with Crippen LogP contribution in [0.4, 0.5) is 8.78 Å². The minimum Gasteiger partial charge on any atom is -0.381 e. The Morgan fingerprint density at radius 3 is 2.78 bits per heavy atom. The lowest BCUT2D eigenvalue weighted by molar-refractivity contribution is -0.111. The van der Waals surface area contributed by atoms with E-state index < -0.39 is 11.8 Å². The van der Waals surface area contributed by atoms with Crippen LogP contribution in [0.15, 0.2) is 0 Å². The zero-order valence-electron chi connectivity index (χ0n) is 10.6. The zero-order chi connectivity index (χ0) is 12.6. The molecule has 1 spiro atoms. The minimum absolute atomic E-state index is 0.0533. The van der Waals surface area contributed by atoms with Crippen LogP contribution in [0.2, 0.25) is 0 Å². The van der Waals surface area contributed by atoms with E-state index in [1.807, 2.05) is 0 Å². The van der Waals surface area contributed by atoms with Gasteiger partial charge in [-0.2, -0.15) is 0 Å². The van der Waals surface area contributed by atoms with Gasteiger partial charge in [0.1, 0.15) is 0 Å². The maximum absolute atomic E-state index is 13.1. The van der Waals surface area contributed by atoms with E-state index in [1.54, 1.807) is 0 Å². The first kappa shape index (κ1) is 12.8. The number of halogens is 2. The van der Waals surface area contributed by atoms with Crippen molar-refractivity contribution >= 4 is 0 Å². The Morgan fingerprint density at radius 2 is 2.00 bits per heavy atom. The van der Waals surface area contributed by atoms with E-state index in [2.05, 4.69) is 5.32 Å². The highest BCUT2D eigenvalue weighted by molar-refractivity contribution is 5.04. The summed E-state index contributed by atoms with van der Waals surface area (Å²) in [6, 6.07) is 0.0614. The Morgan fingerprint density at radius 1 is 1.17 bits per heavy atom. The standard InChI is InChI=1S/C13H21F2NO2/c14-13(15)9-10(13)8-11-12(18-7-4-16-11)2-1-5-17-6-3-12/h10-11,16H,1-9H2. The van der Waals surface area contributed by atoms with Crippen LogP contribution in [0.3, 0.4) is 0 Å². The molecule has 2 aliphatic heterocycles. The normalized spacial score (nSPS) is 43.7. The molecule has 1 aliphatic carbocycles. The second-order valence-corrected chi connectivity index (χ2v) is 5.78. The first-order valence-electron chi connectivity index (χ1n) is 6.95. The molecule has 104 valence electrons. The lowest BCUT2D eigenvalue weighted by Crippen LogP contribution is -2.58. The third kappa shape index (κ3) is 2.40. The molecule has 1 saturated carbocycles. The fourth-order valence-electron chi connectivity index (χ4n) is 3.32. The number of hydrogen-bond acceptors (Lipinski definition) is 3. The number of ether oxygens (including phenoxy) is 2. The lowest BCUT2D eigenvalue weighted by atomic mass is 9.82. The van der Waals surface area contributed by atoms with Crippen LogP contribution in [0.25, 0.3) is 0 Å². The van der Waals surface area contributed by atoms with Gasteiger partial charge < -0.3 is 14.8 Å². The molecule has 0 aromatic carbocycles. The van der Waals surface area contributed by atoms with Crippen LogP contribution in [0.1, 0.15) is 32.1 Å². The van der Waals surface area contributed by atoms with Crippen molar-refractivity contribution < 1.29 is 18.3 Å². The highest BCUT2D eigenvalue weighted by atomic mass is 19.3. The SMILES string of the molecule is FC1(F)CC1CC1NCCOC12CCCOCC2. The van der Waals surface area contributed by atoms with Gasteiger partial charge in [-0.1, -0.05) is 0 Å². The Balaban J connectivity index is 1.68. The summed E-state index contributed by atoms with van der Waals surface area (Å²) in [7, 11) is 0. The molecule has 18 heavy (non-hydrogen) atoms. The Kier molecular flexibility index (Phi) is 3.32. The highest BCUT2D eigenvalue weighted by Gasteiger charge is 2.59. The number of alkyl halides is 2. The van der Waals surface area contributed by atoms with Crippen LogP contribution in [0.5, 0.6) is 0 Å². The maximum Gasteiger partial charge on any atom is 0.251 e. The molecule has 3 atom stereocenters. The summed E-state index contributed by atoms with van der Waals surface area (Å²) in [5, 5.41) is 3.40. The van der Waals surface area contributed by atoms with E-state index in [4.69, 9.17) is 9.47 Å². The Bertz CT molecular complexity index is 303. The third-order valence-electron chi connectivity index (χ3n) is 4.55. The predicted molar refractivity (Wildman–Crippen MR) is 62.8 cm³/mol. The van der Waals surface area contributed by atoms with Gasteiger partial charge in [0.05, 0.1) is 12.2 Å². The van der Waals surface area contributed by atoms with E-state index >= 15 is 0 Å². The molecule has 0 aromatic heterocycles. The van der Waals surface area contributed by atoms with Crippen molar-refractivity contribution in [2.24, 2.45) is 5.92 Å². The van der Waals surface area contributed by atoms with Gasteiger partial charge in [0.25, 0.3) is 5.92 Å². The Labute approximate surface area is 106 Å². The number of rotatable bonds is 2. The molecule has 0 aromatic rings. The van der Waals surface area contributed by atoms with Gasteiger partial charge in [0, 0.05) is 44.6 Å². The molecule has 5 heteroatoms. The first-order valence-corrected chi connectivity index (χ1v) is 6.95. The molecule has 0 bridgehead atoms. The van der Waals surface area contributed by atoms with E-state index in [9.17, 15) is 8.78 Å². The fourth-order valence-corrected chi connectivity index (χ4v) is 3.32. The van der Waals surface area contributed by atoms with E-state index in [0.29, 0.717) is 19.6 Å². The second-order valence-electron chi connectivity index (χ2n) is 5.78. The van der Waals surface area contributed by atoms with Gasteiger partial charge in [-0.25, -0.2) is 8.78 Å². The van der Waals surface area contributed by atoms with Crippen LogP contribution in [-0.4, -0.2) is 43.9 Å². The zero-order valence-corrected chi connectivity index (χ0v) is 10.6. The van der Waals surface area contributed by atoms with Crippen LogP contribution in [-0.2, 0) is 9.47 Å². The molecular formula is C13H21F2NO2. The summed E-state index contributed by atoms with van der Waals surface area (Å²) in [6.45, 7) is 2.89. The van der Waals surface area contributed by atoms with Crippen LogP contribution in [0, 0.1) is 5.92 Å². The molecule has 1 N–H and O–H groups in total. The van der Waals surface area contributed by atoms with Crippen molar-refractivity contribution in [3.8, 4) is 0 Å². The van der Waals surface area contributed by atoms with Crippen LogP contribution >= 0.6 is 0 Å². The maximum atomic E-state index is 13.1. The van der Waals surface area contributed by atoms with Crippen molar-refractivity contribution in [2.75, 3.05) is 26.4 Å². The predicted octanol–water partition coefficient (Wildman–Crippen LogP) is 1.96. The lowest BCUT2D eigenvalue weighted by Gasteiger charge is -2.44. The molecule has 0 radical (unpaired) electrons. The number of nitrogens with one attached hydrogen (secondary N) is 1. The first-order chi connectivity index (χ1) is 8.62. The van der Waals surface area contributed by atoms with Gasteiger partial charge in [0.2, 0.25) is 0 Å². The summed E-state index contributed by atoms with van der Waals surface area (Å²) in [5.41, 5.74) is -0.270. The van der Waals surface area contributed by atoms with E-state index in [0.717, 1.165) is 32.4 Å². The second kappa shape index (κ2) is 4.69. The molecule has 3 nitrogen and oxygen atoms in total. The summed E-state index contributed by atoms with van der Waals surface area (Å²) in [6.07, 6.45) is 3.29. The third-order valence-corrected chi connectivity index (χ3v) is 4.55. The average Bonchev–Trinajstić information content (AvgIpc) is 3.00. The van der Waals surface area contributed by atoms with Crippen molar-refractivity contribution in [1.29, 1.82) is 0 Å². The van der Waals surface area contributed by atoms with Crippen molar-refractivity contribution in [1.82, 2.24) is 5.32 Å². The smallest absolute Gasteiger partial charge is 0.251 e. The van der Waals surface area contributed by atoms with E-state index in [-0.39, 0.29) is 18.1 Å². The van der Waals surface area contributed by atoms with Gasteiger partial charge in [-0.3, -0.25) is 0 Å². The molecule has 3 rings (SSSR count). The van der Waals surface area contributed by atoms with E-state index in [1.165, 1.54) is 0 Å². The van der Waals surface area contributed by atoms with Gasteiger partial charge in [0.15, 0.2) is 0 Å². The van der Waals surface area contributed by atoms with Gasteiger partial charge >= 0.3 is 0 Å². The average molecular weight is 261 g/mol. The van der Waals surface area contributed by atoms with Crippen molar-refractivity contribution in [2.45, 2.75) is 49.7 Å². The monoisotopic (exact) mass is 261 g/mol. The molecule has 3 unspecified atom stereocenters. The number of hydrogen-bond donors (Lipinski definition) is 1. The largest absolute Gasteiger partial charge is 0.381 e. The highest BCUT2D eigenvalue weighted by Crippen LogP contribution is 2.52. The topological polar surface area (TPSA) is 30.5 Å². The molecule has 2 saturated heterocycles. The molecule has 0 amide bonds. The summed E-state index contributed by atoms with van der Waals surface area (Å²) < 4.78 is 37.7. The summed E-state index contributed by atoms with van der Waals surface area (Å²) in [5.74, 6) is -2.88. The van der Waals surface area contributed by atoms with Crippen LogP contribution < -0.4 is 5.32 Å². The van der Waals surface area contributed by atoms with Crippen molar-refractivity contribution in [3.63, 3.8) is 0 Å². The molecule has 3 fully saturated rings. The minimum atomic E-state index is -2.43. The molecule has 2 heterocycles. The molecular weight excluding hydrogens is 240 g/mol. The number of morpholine rings is 1. The fraction of sp³-hybridized carbons (Fsp3) is 1.00. The van der Waals surface area contributed by atoms with Gasteiger partial charge in [-0.15, -0.1) is 0 Å². The van der Waals surface area contributed by atoms with Gasteiger partial charge in [-0.05, 0) is 19.3 Å². The summed E-state index contributed by atoms with van der Waals surface area (Å²) in [4.78, 5) is 0. The quantitative estimate of drug-likeness (QED) is 0.824. The Hall–Kier alpha value is -0.260. The van der Waals surface area contributed by atoms with Crippen molar-refractivity contribution in [3.05, 3.63) is 0 Å². The molecule has 3 aliphatic rings. The summed E-state index contributed by atoms with van der Waals surface area (Å²) >= 11 is 0.